The van der Waals surface area contributed by atoms with Crippen molar-refractivity contribution in [2.45, 2.75) is 48.9 Å². The topological polar surface area (TPSA) is 109 Å². The van der Waals surface area contributed by atoms with Crippen LogP contribution in [0.1, 0.15) is 20.3 Å². The Morgan fingerprint density at radius 3 is 2.61 bits per heavy atom. The normalized spacial score (nSPS) is 33.3. The zero-order valence-electron chi connectivity index (χ0n) is 22.3. The lowest BCUT2D eigenvalue weighted by molar-refractivity contribution is -0.156. The molecule has 4 fully saturated rings. The first-order valence-electron chi connectivity index (χ1n) is 13.4. The highest BCUT2D eigenvalue weighted by molar-refractivity contribution is 9.09. The number of aliphatic hydroxyl groups is 1. The molecule has 4 heterocycles. The van der Waals surface area contributed by atoms with Gasteiger partial charge in [-0.25, -0.2) is 0 Å². The molecular formula is C27H40BrN3O7. The second-order valence-corrected chi connectivity index (χ2v) is 12.0. The van der Waals surface area contributed by atoms with Gasteiger partial charge in [-0.2, -0.15) is 0 Å². The van der Waals surface area contributed by atoms with Crippen molar-refractivity contribution in [3.63, 3.8) is 0 Å². The fourth-order valence-corrected chi connectivity index (χ4v) is 7.48. The molecule has 4 saturated heterocycles. The van der Waals surface area contributed by atoms with Crippen molar-refractivity contribution in [2.75, 3.05) is 59.2 Å². The Morgan fingerprint density at radius 1 is 1.29 bits per heavy atom. The Hall–Kier alpha value is -1.79. The van der Waals surface area contributed by atoms with Crippen LogP contribution < -0.4 is 0 Å². The standard InChI is InChI=1S/C27H40BrN3O7/c1-5-7-30(9-8-29-10-13-36-14-11-29)25(34)23-27-15-18(28)22(38-27)20(26(35)37-12-6-2)21(27)24(33)31(23)19(16-32)17(3)4/h5-6,17-23,32H,1-2,7-16H2,3-4H3/t18?,19-,20+,21-,22+,23?,27?/m0/s1. The molecule has 0 saturated carbocycles. The number of hydrogen-bond acceptors (Lipinski definition) is 8. The number of hydrogen-bond donors (Lipinski definition) is 1. The average Bonchev–Trinajstić information content (AvgIpc) is 3.49. The Labute approximate surface area is 233 Å². The van der Waals surface area contributed by atoms with E-state index in [2.05, 4.69) is 34.0 Å². The third-order valence-corrected chi connectivity index (χ3v) is 9.19. The summed E-state index contributed by atoms with van der Waals surface area (Å²) in [6.07, 6.45) is 2.96. The summed E-state index contributed by atoms with van der Waals surface area (Å²) >= 11 is 3.66. The van der Waals surface area contributed by atoms with Crippen LogP contribution in [0.25, 0.3) is 0 Å². The second-order valence-electron chi connectivity index (χ2n) is 10.8. The van der Waals surface area contributed by atoms with Gasteiger partial charge in [0, 0.05) is 37.6 Å². The average molecular weight is 599 g/mol. The van der Waals surface area contributed by atoms with Crippen molar-refractivity contribution in [3.8, 4) is 0 Å². The minimum Gasteiger partial charge on any atom is -0.461 e. The monoisotopic (exact) mass is 597 g/mol. The fourth-order valence-electron chi connectivity index (χ4n) is 6.54. The Bertz CT molecular complexity index is 926. The van der Waals surface area contributed by atoms with Crippen molar-refractivity contribution in [2.24, 2.45) is 17.8 Å². The van der Waals surface area contributed by atoms with Gasteiger partial charge in [0.15, 0.2) is 0 Å². The lowest BCUT2D eigenvalue weighted by Crippen LogP contribution is -2.60. The molecule has 7 atom stereocenters. The summed E-state index contributed by atoms with van der Waals surface area (Å²) in [5.74, 6) is -2.98. The maximum atomic E-state index is 14.4. The van der Waals surface area contributed by atoms with Crippen molar-refractivity contribution < 1.29 is 33.7 Å². The molecule has 0 aromatic heterocycles. The van der Waals surface area contributed by atoms with Crippen LogP contribution >= 0.6 is 15.9 Å². The minimum absolute atomic E-state index is 0.0227. The van der Waals surface area contributed by atoms with Crippen LogP contribution in [0.5, 0.6) is 0 Å². The van der Waals surface area contributed by atoms with E-state index in [1.54, 1.807) is 11.0 Å². The number of carbonyl (C=O) groups excluding carboxylic acids is 3. The molecule has 38 heavy (non-hydrogen) atoms. The number of alkyl halides is 1. The summed E-state index contributed by atoms with van der Waals surface area (Å²) in [4.78, 5) is 47.0. The number of likely N-dealkylation sites (tertiary alicyclic amines) is 1. The highest BCUT2D eigenvalue weighted by atomic mass is 79.9. The van der Waals surface area contributed by atoms with Crippen LogP contribution in [0.4, 0.5) is 0 Å². The first-order valence-corrected chi connectivity index (χ1v) is 14.4. The van der Waals surface area contributed by atoms with Crippen LogP contribution in [0.15, 0.2) is 25.3 Å². The maximum absolute atomic E-state index is 14.4. The predicted molar refractivity (Wildman–Crippen MR) is 143 cm³/mol. The summed E-state index contributed by atoms with van der Waals surface area (Å²) < 4.78 is 17.4. The highest BCUT2D eigenvalue weighted by Gasteiger charge is 2.77. The molecule has 1 N–H and O–H groups in total. The summed E-state index contributed by atoms with van der Waals surface area (Å²) in [6.45, 7) is 15.3. The van der Waals surface area contributed by atoms with Crippen molar-refractivity contribution >= 4 is 33.7 Å². The van der Waals surface area contributed by atoms with Crippen molar-refractivity contribution in [3.05, 3.63) is 25.3 Å². The van der Waals surface area contributed by atoms with Gasteiger partial charge in [-0.05, 0) is 12.3 Å². The lowest BCUT2D eigenvalue weighted by Gasteiger charge is -2.41. The van der Waals surface area contributed by atoms with Crippen molar-refractivity contribution in [1.29, 1.82) is 0 Å². The fraction of sp³-hybridized carbons (Fsp3) is 0.741. The molecule has 2 amide bonds. The van der Waals surface area contributed by atoms with E-state index in [4.69, 9.17) is 14.2 Å². The smallest absolute Gasteiger partial charge is 0.312 e. The molecule has 1 spiro atoms. The molecule has 4 aliphatic heterocycles. The number of rotatable bonds is 12. The third kappa shape index (κ3) is 5.08. The zero-order valence-corrected chi connectivity index (χ0v) is 23.9. The van der Waals surface area contributed by atoms with Crippen LogP contribution in [0.2, 0.25) is 0 Å². The minimum atomic E-state index is -1.20. The Morgan fingerprint density at radius 2 is 2.00 bits per heavy atom. The van der Waals surface area contributed by atoms with Crippen LogP contribution in [-0.4, -0.2) is 125 Å². The Balaban J connectivity index is 1.70. The molecule has 10 nitrogen and oxygen atoms in total. The number of fused-ring (bicyclic) bond motifs is 1. The second kappa shape index (κ2) is 12.2. The molecular weight excluding hydrogens is 558 g/mol. The van der Waals surface area contributed by atoms with Gasteiger partial charge in [0.25, 0.3) is 0 Å². The lowest BCUT2D eigenvalue weighted by atomic mass is 9.70. The van der Waals surface area contributed by atoms with Crippen LogP contribution in [-0.2, 0) is 28.6 Å². The summed E-state index contributed by atoms with van der Waals surface area (Å²) in [5.41, 5.74) is -1.20. The van der Waals surface area contributed by atoms with E-state index in [1.807, 2.05) is 13.8 Å². The van der Waals surface area contributed by atoms with Gasteiger partial charge in [0.05, 0.1) is 43.8 Å². The highest BCUT2D eigenvalue weighted by Crippen LogP contribution is 2.60. The molecule has 3 unspecified atom stereocenters. The number of amides is 2. The van der Waals surface area contributed by atoms with E-state index in [1.165, 1.54) is 11.0 Å². The van der Waals surface area contributed by atoms with Crippen LogP contribution in [0.3, 0.4) is 0 Å². The molecule has 0 aromatic carbocycles. The van der Waals surface area contributed by atoms with Crippen molar-refractivity contribution in [1.82, 2.24) is 14.7 Å². The molecule has 212 valence electrons. The molecule has 4 rings (SSSR count). The first kappa shape index (κ1) is 29.2. The van der Waals surface area contributed by atoms with E-state index in [9.17, 15) is 19.5 Å². The van der Waals surface area contributed by atoms with Crippen LogP contribution in [0, 0.1) is 17.8 Å². The number of morpholine rings is 1. The third-order valence-electron chi connectivity index (χ3n) is 8.34. The largest absolute Gasteiger partial charge is 0.461 e. The SMILES string of the molecule is C=CCOC(=O)[C@H]1[C@@H]2OC3(CC2Br)C(C(=O)N(CC=C)CCN2CCOCC2)N([C@@H](CO)C(C)C)C(=O)[C@H]13. The Kier molecular flexibility index (Phi) is 9.34. The van der Waals surface area contributed by atoms with E-state index in [-0.39, 0.29) is 35.8 Å². The number of carbonyl (C=O) groups is 3. The zero-order chi connectivity index (χ0) is 27.6. The van der Waals surface area contributed by atoms with E-state index in [0.29, 0.717) is 39.3 Å². The number of aliphatic hydroxyl groups excluding tert-OH is 1. The summed E-state index contributed by atoms with van der Waals surface area (Å²) in [7, 11) is 0. The molecule has 0 aliphatic carbocycles. The maximum Gasteiger partial charge on any atom is 0.312 e. The molecule has 11 heteroatoms. The van der Waals surface area contributed by atoms with E-state index < -0.39 is 41.6 Å². The molecule has 4 aliphatic rings. The van der Waals surface area contributed by atoms with Gasteiger partial charge in [0.2, 0.25) is 11.8 Å². The molecule has 0 radical (unpaired) electrons. The van der Waals surface area contributed by atoms with Gasteiger partial charge < -0.3 is 29.1 Å². The van der Waals surface area contributed by atoms with Gasteiger partial charge >= 0.3 is 5.97 Å². The van der Waals surface area contributed by atoms with E-state index in [0.717, 1.165) is 13.1 Å². The summed E-state index contributed by atoms with van der Waals surface area (Å²) in [5, 5.41) is 10.4. The number of halogens is 1. The predicted octanol–water partition coefficient (Wildman–Crippen LogP) is 0.827. The molecule has 0 aromatic rings. The first-order chi connectivity index (χ1) is 18.2. The molecule has 2 bridgehead atoms. The number of ether oxygens (including phenoxy) is 3. The summed E-state index contributed by atoms with van der Waals surface area (Å²) in [6, 6.07) is -1.59. The van der Waals surface area contributed by atoms with E-state index >= 15 is 0 Å². The van der Waals surface area contributed by atoms with Gasteiger partial charge in [-0.15, -0.1) is 6.58 Å². The number of nitrogens with zero attached hydrogens (tertiary/aromatic N) is 3. The van der Waals surface area contributed by atoms with Gasteiger partial charge in [0.1, 0.15) is 18.2 Å². The number of esters is 1. The van der Waals surface area contributed by atoms with Gasteiger partial charge in [-0.1, -0.05) is 48.5 Å². The van der Waals surface area contributed by atoms with Gasteiger partial charge in [-0.3, -0.25) is 19.3 Å². The quantitative estimate of drug-likeness (QED) is 0.200.